The summed E-state index contributed by atoms with van der Waals surface area (Å²) in [6, 6.07) is 17.5. The molecule has 2 aromatic carbocycles. The smallest absolute Gasteiger partial charge is 0.251 e. The molecule has 0 aliphatic carbocycles. The third-order valence-corrected chi connectivity index (χ3v) is 5.17. The number of nitrogens with zero attached hydrogens (tertiary/aromatic N) is 3. The average molecular weight is 396 g/mol. The van der Waals surface area contributed by atoms with Crippen LogP contribution in [-0.4, -0.2) is 40.3 Å². The van der Waals surface area contributed by atoms with Gasteiger partial charge in [-0.05, 0) is 37.1 Å². The first kappa shape index (κ1) is 18.7. The second-order valence-electron chi connectivity index (χ2n) is 6.99. The van der Waals surface area contributed by atoms with Crippen molar-refractivity contribution in [2.75, 3.05) is 13.7 Å². The van der Waals surface area contributed by atoms with Crippen LogP contribution >= 0.6 is 11.6 Å². The number of hydrogen-bond donors (Lipinski definition) is 0. The Kier molecular flexibility index (Phi) is 5.46. The molecule has 4 rings (SSSR count). The van der Waals surface area contributed by atoms with Crippen LogP contribution in [0.4, 0.5) is 0 Å². The number of hydrogen-bond acceptors (Lipinski definition) is 3. The molecular formula is C22H22ClN3O2. The number of carbonyl (C=O) groups excluding carboxylic acids is 1. The zero-order chi connectivity index (χ0) is 19.5. The number of halogens is 1. The molecule has 1 atom stereocenters. The minimum Gasteiger partial charge on any atom is -0.368 e. The van der Waals surface area contributed by atoms with Gasteiger partial charge in [-0.15, -0.1) is 0 Å². The molecule has 1 aromatic heterocycles. The van der Waals surface area contributed by atoms with Crippen LogP contribution in [0.2, 0.25) is 5.02 Å². The number of amides is 1. The van der Waals surface area contributed by atoms with Crippen molar-refractivity contribution in [3.63, 3.8) is 0 Å². The van der Waals surface area contributed by atoms with E-state index in [1.807, 2.05) is 72.5 Å². The molecule has 1 aliphatic rings. The number of carbonyl (C=O) groups is 1. The minimum atomic E-state index is -0.326. The summed E-state index contributed by atoms with van der Waals surface area (Å²) in [5.74, 6) is 0.0204. The van der Waals surface area contributed by atoms with Crippen LogP contribution in [0.3, 0.4) is 0 Å². The van der Waals surface area contributed by atoms with Crippen molar-refractivity contribution >= 4 is 17.5 Å². The molecular weight excluding hydrogens is 374 g/mol. The van der Waals surface area contributed by atoms with E-state index >= 15 is 0 Å². The molecule has 0 unspecified atom stereocenters. The van der Waals surface area contributed by atoms with Crippen molar-refractivity contribution in [1.29, 1.82) is 0 Å². The highest BCUT2D eigenvalue weighted by Crippen LogP contribution is 2.26. The normalized spacial score (nSPS) is 16.3. The number of likely N-dealkylation sites (N-methyl/N-ethyl adjacent to an activating group) is 1. The van der Waals surface area contributed by atoms with E-state index in [4.69, 9.17) is 21.4 Å². The Morgan fingerprint density at radius 1 is 1.21 bits per heavy atom. The predicted octanol–water partition coefficient (Wildman–Crippen LogP) is 4.33. The van der Waals surface area contributed by atoms with Gasteiger partial charge in [-0.25, -0.2) is 4.68 Å². The van der Waals surface area contributed by atoms with Crippen LogP contribution < -0.4 is 0 Å². The fourth-order valence-corrected chi connectivity index (χ4v) is 3.57. The van der Waals surface area contributed by atoms with Crippen LogP contribution in [0.5, 0.6) is 0 Å². The monoisotopic (exact) mass is 395 g/mol. The highest BCUT2D eigenvalue weighted by atomic mass is 35.5. The molecule has 1 saturated heterocycles. The van der Waals surface area contributed by atoms with Crippen LogP contribution in [0, 0.1) is 0 Å². The Balaban J connectivity index is 1.66. The van der Waals surface area contributed by atoms with E-state index in [2.05, 4.69) is 0 Å². The van der Waals surface area contributed by atoms with Gasteiger partial charge >= 0.3 is 0 Å². The fraction of sp³-hybridized carbons (Fsp3) is 0.273. The van der Waals surface area contributed by atoms with Gasteiger partial charge in [0.05, 0.1) is 11.4 Å². The first-order valence-electron chi connectivity index (χ1n) is 9.38. The molecule has 0 N–H and O–H groups in total. The molecule has 0 radical (unpaired) electrons. The Labute approximate surface area is 169 Å². The van der Waals surface area contributed by atoms with Gasteiger partial charge in [-0.3, -0.25) is 4.79 Å². The van der Waals surface area contributed by atoms with Crippen molar-refractivity contribution < 1.29 is 9.53 Å². The van der Waals surface area contributed by atoms with Gasteiger partial charge in [0, 0.05) is 42.5 Å². The molecule has 0 spiro atoms. The van der Waals surface area contributed by atoms with Crippen LogP contribution in [-0.2, 0) is 16.1 Å². The number of ether oxygens (including phenoxy) is 1. The molecule has 6 heteroatoms. The van der Waals surface area contributed by atoms with Crippen molar-refractivity contribution in [3.05, 3.63) is 71.4 Å². The van der Waals surface area contributed by atoms with Crippen LogP contribution in [0.15, 0.2) is 60.8 Å². The lowest BCUT2D eigenvalue weighted by Crippen LogP contribution is -2.35. The van der Waals surface area contributed by atoms with Crippen LogP contribution in [0.25, 0.3) is 16.9 Å². The maximum atomic E-state index is 12.7. The van der Waals surface area contributed by atoms with E-state index in [-0.39, 0.29) is 12.0 Å². The Bertz CT molecular complexity index is 948. The summed E-state index contributed by atoms with van der Waals surface area (Å²) in [5, 5.41) is 5.47. The molecule has 5 nitrogen and oxygen atoms in total. The predicted molar refractivity (Wildman–Crippen MR) is 109 cm³/mol. The van der Waals surface area contributed by atoms with Gasteiger partial charge in [-0.2, -0.15) is 5.10 Å². The van der Waals surface area contributed by atoms with Crippen molar-refractivity contribution in [3.8, 4) is 16.9 Å². The number of rotatable bonds is 5. The summed E-state index contributed by atoms with van der Waals surface area (Å²) in [6.45, 7) is 1.12. The van der Waals surface area contributed by atoms with Gasteiger partial charge in [0.2, 0.25) is 0 Å². The Morgan fingerprint density at radius 2 is 1.96 bits per heavy atom. The van der Waals surface area contributed by atoms with E-state index in [9.17, 15) is 4.79 Å². The highest BCUT2D eigenvalue weighted by Gasteiger charge is 2.27. The standard InChI is InChI=1S/C22H22ClN3O2/c1-25(22(27)20-8-5-13-28-20)14-17-15-26(19-6-3-2-4-7-19)24-21(17)16-9-11-18(23)12-10-16/h2-4,6-7,9-12,15,20H,5,8,13-14H2,1H3/t20-/m1/s1. The maximum absolute atomic E-state index is 12.7. The minimum absolute atomic E-state index is 0.0204. The van der Waals surface area contributed by atoms with E-state index in [0.29, 0.717) is 18.2 Å². The van der Waals surface area contributed by atoms with E-state index < -0.39 is 0 Å². The summed E-state index contributed by atoms with van der Waals surface area (Å²) in [6.07, 6.45) is 3.38. The topological polar surface area (TPSA) is 47.4 Å². The molecule has 144 valence electrons. The molecule has 1 amide bonds. The number of benzene rings is 2. The SMILES string of the molecule is CN(Cc1cn(-c2ccccc2)nc1-c1ccc(Cl)cc1)C(=O)[C@H]1CCCO1. The molecule has 28 heavy (non-hydrogen) atoms. The summed E-state index contributed by atoms with van der Waals surface area (Å²) in [5.41, 5.74) is 3.75. The quantitative estimate of drug-likeness (QED) is 0.646. The summed E-state index contributed by atoms with van der Waals surface area (Å²) in [7, 11) is 1.81. The van der Waals surface area contributed by atoms with Crippen molar-refractivity contribution in [1.82, 2.24) is 14.7 Å². The van der Waals surface area contributed by atoms with E-state index in [1.54, 1.807) is 4.90 Å². The Morgan fingerprint density at radius 3 is 2.64 bits per heavy atom. The maximum Gasteiger partial charge on any atom is 0.251 e. The molecule has 0 saturated carbocycles. The molecule has 1 fully saturated rings. The lowest BCUT2D eigenvalue weighted by Gasteiger charge is -2.20. The first-order chi connectivity index (χ1) is 13.6. The van der Waals surface area contributed by atoms with E-state index in [0.717, 1.165) is 35.3 Å². The second-order valence-corrected chi connectivity index (χ2v) is 7.42. The number of para-hydroxylation sites is 1. The second kappa shape index (κ2) is 8.17. The van der Waals surface area contributed by atoms with Gasteiger partial charge in [-0.1, -0.05) is 41.9 Å². The third-order valence-electron chi connectivity index (χ3n) is 4.92. The van der Waals surface area contributed by atoms with Crippen molar-refractivity contribution in [2.24, 2.45) is 0 Å². The number of aromatic nitrogens is 2. The third kappa shape index (κ3) is 3.96. The Hall–Kier alpha value is -2.63. The van der Waals surface area contributed by atoms with Gasteiger partial charge in [0.15, 0.2) is 0 Å². The van der Waals surface area contributed by atoms with Crippen molar-refractivity contribution in [2.45, 2.75) is 25.5 Å². The fourth-order valence-electron chi connectivity index (χ4n) is 3.44. The zero-order valence-corrected chi connectivity index (χ0v) is 16.5. The lowest BCUT2D eigenvalue weighted by molar-refractivity contribution is -0.140. The first-order valence-corrected chi connectivity index (χ1v) is 9.76. The average Bonchev–Trinajstić information content (AvgIpc) is 3.39. The zero-order valence-electron chi connectivity index (χ0n) is 15.7. The summed E-state index contributed by atoms with van der Waals surface area (Å²) < 4.78 is 7.40. The summed E-state index contributed by atoms with van der Waals surface area (Å²) in [4.78, 5) is 14.4. The van der Waals surface area contributed by atoms with Gasteiger partial charge < -0.3 is 9.64 Å². The van der Waals surface area contributed by atoms with E-state index in [1.165, 1.54) is 0 Å². The van der Waals surface area contributed by atoms with Crippen LogP contribution in [0.1, 0.15) is 18.4 Å². The molecule has 0 bridgehead atoms. The molecule has 2 heterocycles. The van der Waals surface area contributed by atoms with Gasteiger partial charge in [0.1, 0.15) is 6.10 Å². The molecule has 1 aliphatic heterocycles. The lowest BCUT2D eigenvalue weighted by atomic mass is 10.1. The summed E-state index contributed by atoms with van der Waals surface area (Å²) >= 11 is 6.05. The van der Waals surface area contributed by atoms with Gasteiger partial charge in [0.25, 0.3) is 5.91 Å². The molecule has 3 aromatic rings. The largest absolute Gasteiger partial charge is 0.368 e. The highest BCUT2D eigenvalue weighted by molar-refractivity contribution is 6.30.